The molecular weight excluding hydrogens is 210 g/mol. The van der Waals surface area contributed by atoms with Crippen molar-refractivity contribution in [1.29, 1.82) is 0 Å². The van der Waals surface area contributed by atoms with Crippen LogP contribution in [0.5, 0.6) is 0 Å². The van der Waals surface area contributed by atoms with Crippen LogP contribution in [0.4, 0.5) is 0 Å². The van der Waals surface area contributed by atoms with Gasteiger partial charge >= 0.3 is 0 Å². The van der Waals surface area contributed by atoms with Crippen molar-refractivity contribution in [3.8, 4) is 0 Å². The van der Waals surface area contributed by atoms with E-state index in [9.17, 15) is 4.79 Å². The number of pyridine rings is 1. The van der Waals surface area contributed by atoms with Crippen molar-refractivity contribution < 1.29 is 4.79 Å². The second-order valence-electron chi connectivity index (χ2n) is 5.10. The highest BCUT2D eigenvalue weighted by Gasteiger charge is 2.16. The lowest BCUT2D eigenvalue weighted by atomic mass is 9.93. The lowest BCUT2D eigenvalue weighted by molar-refractivity contribution is -0.119. The zero-order valence-corrected chi connectivity index (χ0v) is 10.4. The summed E-state index contributed by atoms with van der Waals surface area (Å²) in [4.78, 5) is 16.2. The molecule has 0 amide bonds. The third-order valence-electron chi connectivity index (χ3n) is 3.60. The first kappa shape index (κ1) is 12.3. The summed E-state index contributed by atoms with van der Waals surface area (Å²) in [5.74, 6) is 0.990. The molecule has 0 N–H and O–H groups in total. The van der Waals surface area contributed by atoms with Crippen LogP contribution in [0, 0.1) is 5.92 Å². The minimum absolute atomic E-state index is 0.357. The van der Waals surface area contributed by atoms with Gasteiger partial charge in [0, 0.05) is 24.7 Å². The van der Waals surface area contributed by atoms with Gasteiger partial charge in [-0.2, -0.15) is 0 Å². The highest BCUT2D eigenvalue weighted by molar-refractivity contribution is 5.80. The van der Waals surface area contributed by atoms with Gasteiger partial charge in [-0.05, 0) is 18.1 Å². The van der Waals surface area contributed by atoms with Gasteiger partial charge in [-0.1, -0.05) is 44.6 Å². The van der Waals surface area contributed by atoms with E-state index in [-0.39, 0.29) is 0 Å². The molecule has 2 nitrogen and oxygen atoms in total. The number of rotatable bonds is 4. The molecule has 2 rings (SSSR count). The van der Waals surface area contributed by atoms with Crippen molar-refractivity contribution in [3.63, 3.8) is 0 Å². The molecule has 92 valence electrons. The van der Waals surface area contributed by atoms with Gasteiger partial charge in [0.15, 0.2) is 0 Å². The smallest absolute Gasteiger partial charge is 0.139 e. The summed E-state index contributed by atoms with van der Waals surface area (Å²) in [5, 5.41) is 0. The molecule has 1 fully saturated rings. The third kappa shape index (κ3) is 4.29. The molecule has 1 saturated carbocycles. The normalized spacial score (nSPS) is 17.6. The second kappa shape index (κ2) is 6.53. The van der Waals surface area contributed by atoms with Crippen molar-refractivity contribution in [3.05, 3.63) is 30.1 Å². The molecule has 1 aromatic rings. The molecule has 1 aromatic heterocycles. The van der Waals surface area contributed by atoms with E-state index in [1.165, 1.54) is 38.5 Å². The first-order chi connectivity index (χ1) is 8.34. The minimum atomic E-state index is 0.357. The Morgan fingerprint density at radius 2 is 1.94 bits per heavy atom. The Bertz CT molecular complexity index is 339. The maximum atomic E-state index is 12.0. The van der Waals surface area contributed by atoms with Crippen LogP contribution in [0.25, 0.3) is 0 Å². The van der Waals surface area contributed by atoms with Crippen molar-refractivity contribution >= 4 is 5.78 Å². The van der Waals surface area contributed by atoms with E-state index in [0.717, 1.165) is 12.1 Å². The molecule has 0 atom stereocenters. The fourth-order valence-electron chi connectivity index (χ4n) is 2.67. The van der Waals surface area contributed by atoms with E-state index >= 15 is 0 Å². The largest absolute Gasteiger partial charge is 0.299 e. The zero-order chi connectivity index (χ0) is 11.9. The monoisotopic (exact) mass is 231 g/mol. The molecule has 1 aliphatic carbocycles. The van der Waals surface area contributed by atoms with Crippen molar-refractivity contribution in [2.45, 2.75) is 51.4 Å². The summed E-state index contributed by atoms with van der Waals surface area (Å²) in [6.45, 7) is 0. The summed E-state index contributed by atoms with van der Waals surface area (Å²) >= 11 is 0. The molecule has 0 aromatic carbocycles. The van der Waals surface area contributed by atoms with Crippen LogP contribution in [-0.2, 0) is 11.2 Å². The first-order valence-corrected chi connectivity index (χ1v) is 6.76. The lowest BCUT2D eigenvalue weighted by Gasteiger charge is -2.12. The molecule has 0 saturated heterocycles. The highest BCUT2D eigenvalue weighted by Crippen LogP contribution is 2.25. The van der Waals surface area contributed by atoms with Crippen LogP contribution in [0.3, 0.4) is 0 Å². The van der Waals surface area contributed by atoms with Crippen LogP contribution in [0.2, 0.25) is 0 Å². The van der Waals surface area contributed by atoms with Crippen LogP contribution in [-0.4, -0.2) is 10.8 Å². The van der Waals surface area contributed by atoms with Crippen LogP contribution in [0.15, 0.2) is 24.4 Å². The summed E-state index contributed by atoms with van der Waals surface area (Å²) < 4.78 is 0. The Labute approximate surface area is 103 Å². The van der Waals surface area contributed by atoms with E-state index in [1.54, 1.807) is 6.20 Å². The Hall–Kier alpha value is -1.18. The van der Waals surface area contributed by atoms with Crippen LogP contribution >= 0.6 is 0 Å². The number of hydrogen-bond donors (Lipinski definition) is 0. The van der Waals surface area contributed by atoms with E-state index in [0.29, 0.717) is 18.1 Å². The van der Waals surface area contributed by atoms with E-state index in [4.69, 9.17) is 0 Å². The number of nitrogens with zero attached hydrogens (tertiary/aromatic N) is 1. The third-order valence-corrected chi connectivity index (χ3v) is 3.60. The van der Waals surface area contributed by atoms with Crippen molar-refractivity contribution in [2.24, 2.45) is 5.92 Å². The topological polar surface area (TPSA) is 30.0 Å². The molecule has 0 radical (unpaired) electrons. The molecule has 0 unspecified atom stereocenters. The van der Waals surface area contributed by atoms with Crippen LogP contribution in [0.1, 0.15) is 50.6 Å². The predicted molar refractivity (Wildman–Crippen MR) is 68.8 cm³/mol. The number of ketones is 1. The van der Waals surface area contributed by atoms with Gasteiger partial charge in [-0.25, -0.2) is 0 Å². The van der Waals surface area contributed by atoms with Gasteiger partial charge in [0.25, 0.3) is 0 Å². The fraction of sp³-hybridized carbons (Fsp3) is 0.600. The number of carbonyl (C=O) groups excluding carboxylic acids is 1. The Kier molecular flexibility index (Phi) is 4.72. The molecule has 17 heavy (non-hydrogen) atoms. The van der Waals surface area contributed by atoms with E-state index in [2.05, 4.69) is 4.98 Å². The van der Waals surface area contributed by atoms with Crippen molar-refractivity contribution in [2.75, 3.05) is 0 Å². The van der Waals surface area contributed by atoms with Gasteiger partial charge in [-0.3, -0.25) is 9.78 Å². The summed E-state index contributed by atoms with van der Waals surface area (Å²) in [6, 6.07) is 5.77. The highest BCUT2D eigenvalue weighted by atomic mass is 16.1. The van der Waals surface area contributed by atoms with E-state index in [1.807, 2.05) is 18.2 Å². The first-order valence-electron chi connectivity index (χ1n) is 6.76. The Balaban J connectivity index is 1.80. The summed E-state index contributed by atoms with van der Waals surface area (Å²) in [7, 11) is 0. The number of hydrogen-bond acceptors (Lipinski definition) is 2. The molecular formula is C15H21NO. The van der Waals surface area contributed by atoms with Gasteiger partial charge in [0.2, 0.25) is 0 Å². The quantitative estimate of drug-likeness (QED) is 0.742. The Morgan fingerprint density at radius 1 is 1.18 bits per heavy atom. The molecule has 0 bridgehead atoms. The van der Waals surface area contributed by atoms with Crippen molar-refractivity contribution in [1.82, 2.24) is 4.98 Å². The predicted octanol–water partition coefficient (Wildman–Crippen LogP) is 3.55. The van der Waals surface area contributed by atoms with Crippen LogP contribution < -0.4 is 0 Å². The molecule has 1 heterocycles. The van der Waals surface area contributed by atoms with Gasteiger partial charge in [0.05, 0.1) is 0 Å². The van der Waals surface area contributed by atoms with Gasteiger partial charge in [0.1, 0.15) is 5.78 Å². The number of aromatic nitrogens is 1. The minimum Gasteiger partial charge on any atom is -0.299 e. The maximum Gasteiger partial charge on any atom is 0.139 e. The number of Topliss-reactive ketones (excluding diaryl/α,β-unsaturated/α-hetero) is 1. The van der Waals surface area contributed by atoms with E-state index < -0.39 is 0 Å². The maximum absolute atomic E-state index is 12.0. The summed E-state index contributed by atoms with van der Waals surface area (Å²) in [5.41, 5.74) is 0.908. The SMILES string of the molecule is O=C(Cc1ccccn1)CC1CCCCCC1. The van der Waals surface area contributed by atoms with Gasteiger partial charge < -0.3 is 0 Å². The second-order valence-corrected chi connectivity index (χ2v) is 5.10. The average molecular weight is 231 g/mol. The molecule has 1 aliphatic rings. The summed E-state index contributed by atoms with van der Waals surface area (Å²) in [6.07, 6.45) is 10.8. The molecule has 0 aliphatic heterocycles. The zero-order valence-electron chi connectivity index (χ0n) is 10.4. The average Bonchev–Trinajstić information content (AvgIpc) is 2.59. The van der Waals surface area contributed by atoms with Gasteiger partial charge in [-0.15, -0.1) is 0 Å². The lowest BCUT2D eigenvalue weighted by Crippen LogP contribution is -2.11. The standard InChI is InChI=1S/C15H21NO/c17-15(12-14-9-5-6-10-16-14)11-13-7-3-1-2-4-8-13/h5-6,9-10,13H,1-4,7-8,11-12H2. The Morgan fingerprint density at radius 3 is 2.59 bits per heavy atom. The number of carbonyl (C=O) groups is 1. The molecule has 2 heteroatoms. The molecule has 0 spiro atoms. The fourth-order valence-corrected chi connectivity index (χ4v) is 2.67.